The summed E-state index contributed by atoms with van der Waals surface area (Å²) in [5.41, 5.74) is 2.79. The lowest BCUT2D eigenvalue weighted by atomic mass is 10.1. The second kappa shape index (κ2) is 7.95. The normalized spacial score (nSPS) is 15.4. The minimum atomic E-state index is -0.608. The lowest BCUT2D eigenvalue weighted by Crippen LogP contribution is -2.37. The third-order valence-electron chi connectivity index (χ3n) is 5.16. The van der Waals surface area contributed by atoms with Crippen LogP contribution in [0.25, 0.3) is 10.8 Å². The molecule has 2 amide bonds. The van der Waals surface area contributed by atoms with E-state index in [2.05, 4.69) is 17.4 Å². The minimum Gasteiger partial charge on any atom is -0.494 e. The highest BCUT2D eigenvalue weighted by atomic mass is 16.5. The highest BCUT2D eigenvalue weighted by molar-refractivity contribution is 6.06. The smallest absolute Gasteiger partial charge is 0.254 e. The number of carbonyl (C=O) groups is 2. The predicted octanol–water partition coefficient (Wildman–Crippen LogP) is 4.14. The Morgan fingerprint density at radius 2 is 1.86 bits per heavy atom. The van der Waals surface area contributed by atoms with Gasteiger partial charge in [0.15, 0.2) is 0 Å². The topological polar surface area (TPSA) is 58.6 Å². The van der Waals surface area contributed by atoms with Gasteiger partial charge in [-0.05, 0) is 42.3 Å². The predicted molar refractivity (Wildman–Crippen MR) is 114 cm³/mol. The van der Waals surface area contributed by atoms with Crippen LogP contribution in [0.5, 0.6) is 5.75 Å². The molecule has 1 N–H and O–H groups in total. The van der Waals surface area contributed by atoms with E-state index in [1.807, 2.05) is 55.5 Å². The molecule has 0 aliphatic carbocycles. The zero-order valence-corrected chi connectivity index (χ0v) is 16.6. The number of aryl methyl sites for hydroxylation is 1. The molecule has 5 nitrogen and oxygen atoms in total. The van der Waals surface area contributed by atoms with Gasteiger partial charge >= 0.3 is 0 Å². The molecule has 0 radical (unpaired) electrons. The van der Waals surface area contributed by atoms with Gasteiger partial charge in [0.25, 0.3) is 5.91 Å². The number of anilines is 1. The molecule has 5 heteroatoms. The van der Waals surface area contributed by atoms with Crippen molar-refractivity contribution in [2.45, 2.75) is 26.3 Å². The lowest BCUT2D eigenvalue weighted by molar-refractivity contribution is -0.126. The van der Waals surface area contributed by atoms with Crippen LogP contribution in [0.3, 0.4) is 0 Å². The van der Waals surface area contributed by atoms with Crippen molar-refractivity contribution in [3.63, 3.8) is 0 Å². The van der Waals surface area contributed by atoms with Crippen LogP contribution in [0.4, 0.5) is 5.69 Å². The van der Waals surface area contributed by atoms with Crippen LogP contribution >= 0.6 is 0 Å². The van der Waals surface area contributed by atoms with Crippen LogP contribution in [0, 0.1) is 6.92 Å². The maximum absolute atomic E-state index is 12.9. The van der Waals surface area contributed by atoms with Gasteiger partial charge in [0.2, 0.25) is 5.91 Å². The van der Waals surface area contributed by atoms with E-state index in [-0.39, 0.29) is 11.8 Å². The van der Waals surface area contributed by atoms with E-state index < -0.39 is 6.04 Å². The summed E-state index contributed by atoms with van der Waals surface area (Å²) in [6.07, 6.45) is 0.693. The minimum absolute atomic E-state index is 0.0912. The number of ether oxygens (including phenoxy) is 1. The number of hydrogen-bond acceptors (Lipinski definition) is 3. The fraction of sp³-hybridized carbons (Fsp3) is 0.250. The van der Waals surface area contributed by atoms with E-state index in [1.165, 1.54) is 12.3 Å². The Morgan fingerprint density at radius 3 is 2.66 bits per heavy atom. The van der Waals surface area contributed by atoms with Crippen LogP contribution < -0.4 is 15.0 Å². The van der Waals surface area contributed by atoms with Gasteiger partial charge in [-0.3, -0.25) is 9.59 Å². The first-order chi connectivity index (χ1) is 14.0. The second-order valence-electron chi connectivity index (χ2n) is 7.40. The van der Waals surface area contributed by atoms with Crippen LogP contribution in [-0.4, -0.2) is 25.0 Å². The molecule has 1 aliphatic heterocycles. The van der Waals surface area contributed by atoms with Gasteiger partial charge < -0.3 is 15.0 Å². The Morgan fingerprint density at radius 1 is 1.07 bits per heavy atom. The van der Waals surface area contributed by atoms with Crippen molar-refractivity contribution in [3.05, 3.63) is 71.8 Å². The zero-order chi connectivity index (χ0) is 20.4. The molecule has 1 aliphatic rings. The molecule has 4 rings (SSSR count). The third-order valence-corrected chi connectivity index (χ3v) is 5.16. The fourth-order valence-corrected chi connectivity index (χ4v) is 3.80. The first-order valence-corrected chi connectivity index (χ1v) is 9.83. The lowest BCUT2D eigenvalue weighted by Gasteiger charge is -2.18. The fourth-order valence-electron chi connectivity index (χ4n) is 3.80. The highest BCUT2D eigenvalue weighted by Crippen LogP contribution is 2.36. The largest absolute Gasteiger partial charge is 0.494 e. The maximum atomic E-state index is 12.9. The van der Waals surface area contributed by atoms with Crippen molar-refractivity contribution in [1.82, 2.24) is 5.32 Å². The molecule has 0 spiro atoms. The maximum Gasteiger partial charge on any atom is 0.254 e. The number of hydrogen-bond donors (Lipinski definition) is 1. The second-order valence-corrected chi connectivity index (χ2v) is 7.40. The summed E-state index contributed by atoms with van der Waals surface area (Å²) in [4.78, 5) is 26.2. The van der Waals surface area contributed by atoms with Gasteiger partial charge in [-0.15, -0.1) is 0 Å². The molecule has 148 valence electrons. The van der Waals surface area contributed by atoms with E-state index in [4.69, 9.17) is 4.74 Å². The van der Waals surface area contributed by atoms with Gasteiger partial charge in [-0.1, -0.05) is 48.0 Å². The summed E-state index contributed by atoms with van der Waals surface area (Å²) in [6, 6.07) is 19.5. The Hall–Kier alpha value is -3.34. The van der Waals surface area contributed by atoms with Gasteiger partial charge in [-0.25, -0.2) is 0 Å². The molecular formula is C24H24N2O3. The summed E-state index contributed by atoms with van der Waals surface area (Å²) in [5.74, 6) is 0.521. The number of nitrogens with one attached hydrogen (secondary N) is 1. The molecule has 0 aromatic heterocycles. The van der Waals surface area contributed by atoms with Gasteiger partial charge in [0.1, 0.15) is 11.8 Å². The average molecular weight is 388 g/mol. The zero-order valence-electron chi connectivity index (χ0n) is 16.6. The van der Waals surface area contributed by atoms with E-state index in [0.717, 1.165) is 28.0 Å². The van der Waals surface area contributed by atoms with Gasteiger partial charge in [0, 0.05) is 24.7 Å². The quantitative estimate of drug-likeness (QED) is 0.646. The van der Waals surface area contributed by atoms with Crippen molar-refractivity contribution in [2.24, 2.45) is 0 Å². The van der Waals surface area contributed by atoms with Crippen molar-refractivity contribution >= 4 is 28.3 Å². The van der Waals surface area contributed by atoms with E-state index in [0.29, 0.717) is 19.6 Å². The summed E-state index contributed by atoms with van der Waals surface area (Å²) < 4.78 is 5.90. The van der Waals surface area contributed by atoms with Crippen LogP contribution in [0.1, 0.15) is 30.5 Å². The van der Waals surface area contributed by atoms with E-state index in [1.54, 1.807) is 4.90 Å². The van der Waals surface area contributed by atoms with Crippen molar-refractivity contribution in [3.8, 4) is 5.75 Å². The highest BCUT2D eigenvalue weighted by Gasteiger charge is 2.37. The third kappa shape index (κ3) is 3.94. The molecule has 0 bridgehead atoms. The van der Waals surface area contributed by atoms with Gasteiger partial charge in [0.05, 0.1) is 6.61 Å². The monoisotopic (exact) mass is 388 g/mol. The summed E-state index contributed by atoms with van der Waals surface area (Å²) in [7, 11) is 0. The number of nitrogens with zero attached hydrogens (tertiary/aromatic N) is 1. The molecule has 3 aromatic rings. The average Bonchev–Trinajstić information content (AvgIpc) is 2.95. The Labute approximate surface area is 170 Å². The van der Waals surface area contributed by atoms with Crippen molar-refractivity contribution < 1.29 is 14.3 Å². The number of benzene rings is 3. The Bertz CT molecular complexity index is 1080. The number of fused-ring (bicyclic) bond motifs is 2. The standard InChI is InChI=1S/C24H24N2O3/c1-16-8-11-22-21(14-16)23(25-17(2)27)24(28)26(22)12-5-13-29-20-10-9-18-6-3-4-7-19(18)15-20/h3-4,6-11,14-15,23H,5,12-13H2,1-2H3,(H,25,27). The molecule has 3 aromatic carbocycles. The van der Waals surface area contributed by atoms with Gasteiger partial charge in [-0.2, -0.15) is 0 Å². The Kier molecular flexibility index (Phi) is 5.21. The van der Waals surface area contributed by atoms with Crippen molar-refractivity contribution in [2.75, 3.05) is 18.1 Å². The van der Waals surface area contributed by atoms with Crippen LogP contribution in [-0.2, 0) is 9.59 Å². The number of amides is 2. The summed E-state index contributed by atoms with van der Waals surface area (Å²) in [6.45, 7) is 4.46. The molecule has 1 atom stereocenters. The molecule has 0 saturated heterocycles. The van der Waals surface area contributed by atoms with Crippen LogP contribution in [0.15, 0.2) is 60.7 Å². The SMILES string of the molecule is CC(=O)NC1C(=O)N(CCCOc2ccc3ccccc3c2)c2ccc(C)cc21. The Balaban J connectivity index is 1.41. The molecule has 0 saturated carbocycles. The molecule has 1 heterocycles. The molecular weight excluding hydrogens is 364 g/mol. The number of rotatable bonds is 6. The molecule has 29 heavy (non-hydrogen) atoms. The summed E-state index contributed by atoms with van der Waals surface area (Å²) in [5, 5.41) is 5.10. The summed E-state index contributed by atoms with van der Waals surface area (Å²) >= 11 is 0. The first-order valence-electron chi connectivity index (χ1n) is 9.83. The first kappa shape index (κ1) is 19.0. The van der Waals surface area contributed by atoms with E-state index in [9.17, 15) is 9.59 Å². The van der Waals surface area contributed by atoms with Crippen molar-refractivity contribution in [1.29, 1.82) is 0 Å². The van der Waals surface area contributed by atoms with E-state index >= 15 is 0 Å². The molecule has 0 fully saturated rings. The number of carbonyl (C=O) groups excluding carboxylic acids is 2. The van der Waals surface area contributed by atoms with Crippen LogP contribution in [0.2, 0.25) is 0 Å². The molecule has 1 unspecified atom stereocenters.